The molecule has 7 heteroatoms. The lowest BCUT2D eigenvalue weighted by Gasteiger charge is -2.30. The number of benzene rings is 2. The molecule has 1 aromatic heterocycles. The van der Waals surface area contributed by atoms with Crippen molar-refractivity contribution in [2.75, 3.05) is 11.9 Å². The Morgan fingerprint density at radius 3 is 2.70 bits per heavy atom. The highest BCUT2D eigenvalue weighted by atomic mass is 16.5. The molecule has 0 fully saturated rings. The highest BCUT2D eigenvalue weighted by Crippen LogP contribution is 2.38. The first-order chi connectivity index (χ1) is 14.6. The van der Waals surface area contributed by atoms with E-state index in [1.807, 2.05) is 43.3 Å². The van der Waals surface area contributed by atoms with Crippen LogP contribution < -0.4 is 20.7 Å². The summed E-state index contributed by atoms with van der Waals surface area (Å²) in [6.45, 7) is 4.07. The Morgan fingerprint density at radius 2 is 1.93 bits per heavy atom. The van der Waals surface area contributed by atoms with Crippen molar-refractivity contribution in [1.82, 2.24) is 15.6 Å². The van der Waals surface area contributed by atoms with Crippen LogP contribution in [0.4, 0.5) is 10.6 Å². The van der Waals surface area contributed by atoms with Gasteiger partial charge in [0.2, 0.25) is 0 Å². The van der Waals surface area contributed by atoms with Crippen LogP contribution in [0.1, 0.15) is 25.5 Å². The Labute approximate surface area is 174 Å². The van der Waals surface area contributed by atoms with Crippen molar-refractivity contribution in [3.63, 3.8) is 0 Å². The first-order valence-corrected chi connectivity index (χ1v) is 9.73. The average molecular weight is 402 g/mol. The van der Waals surface area contributed by atoms with Crippen LogP contribution in [-0.2, 0) is 4.79 Å². The van der Waals surface area contributed by atoms with Crippen molar-refractivity contribution >= 4 is 28.5 Å². The molecule has 0 saturated heterocycles. The number of amides is 3. The normalized spacial score (nSPS) is 16.1. The Bertz CT molecular complexity index is 1140. The van der Waals surface area contributed by atoms with Crippen molar-refractivity contribution in [2.24, 2.45) is 0 Å². The lowest BCUT2D eigenvalue weighted by atomic mass is 9.90. The van der Waals surface area contributed by atoms with Crippen LogP contribution in [0, 0.1) is 0 Å². The molecule has 0 aliphatic carbocycles. The van der Waals surface area contributed by atoms with E-state index in [4.69, 9.17) is 4.74 Å². The fourth-order valence-electron chi connectivity index (χ4n) is 3.69. The third kappa shape index (κ3) is 3.69. The Morgan fingerprint density at radius 1 is 1.13 bits per heavy atom. The lowest BCUT2D eigenvalue weighted by Crippen LogP contribution is -2.46. The number of anilines is 1. The van der Waals surface area contributed by atoms with E-state index in [1.54, 1.807) is 31.3 Å². The van der Waals surface area contributed by atoms with Gasteiger partial charge in [0.05, 0.1) is 18.2 Å². The van der Waals surface area contributed by atoms with Crippen LogP contribution in [0.2, 0.25) is 0 Å². The molecular formula is C23H22N4O3. The Hall–Kier alpha value is -3.87. The van der Waals surface area contributed by atoms with Crippen LogP contribution >= 0.6 is 0 Å². The third-order valence-corrected chi connectivity index (χ3v) is 4.94. The van der Waals surface area contributed by atoms with Crippen LogP contribution in [0.5, 0.6) is 5.75 Å². The van der Waals surface area contributed by atoms with E-state index in [0.717, 1.165) is 16.3 Å². The number of aromatic nitrogens is 1. The van der Waals surface area contributed by atoms with Gasteiger partial charge in [-0.25, -0.2) is 9.78 Å². The first kappa shape index (κ1) is 19.4. The summed E-state index contributed by atoms with van der Waals surface area (Å²) in [5.41, 5.74) is 1.63. The maximum absolute atomic E-state index is 13.2. The van der Waals surface area contributed by atoms with E-state index in [1.165, 1.54) is 0 Å². The first-order valence-electron chi connectivity index (χ1n) is 9.73. The molecule has 4 rings (SSSR count). The predicted molar refractivity (Wildman–Crippen MR) is 115 cm³/mol. The minimum Gasteiger partial charge on any atom is -0.493 e. The van der Waals surface area contributed by atoms with Crippen LogP contribution in [0.3, 0.4) is 0 Å². The van der Waals surface area contributed by atoms with E-state index in [9.17, 15) is 9.59 Å². The fourth-order valence-corrected chi connectivity index (χ4v) is 3.69. The summed E-state index contributed by atoms with van der Waals surface area (Å²) in [5, 5.41) is 10.3. The number of urea groups is 1. The van der Waals surface area contributed by atoms with Crippen LogP contribution in [0.15, 0.2) is 72.1 Å². The molecule has 1 atom stereocenters. The molecule has 2 aromatic carbocycles. The maximum atomic E-state index is 13.2. The smallest absolute Gasteiger partial charge is 0.319 e. The Balaban J connectivity index is 1.85. The molecule has 0 saturated carbocycles. The van der Waals surface area contributed by atoms with Crippen LogP contribution in [0.25, 0.3) is 10.8 Å². The number of hydrogen-bond acceptors (Lipinski definition) is 4. The van der Waals surface area contributed by atoms with E-state index >= 15 is 0 Å². The molecule has 3 aromatic rings. The number of carbonyl (C=O) groups is 2. The van der Waals surface area contributed by atoms with Gasteiger partial charge in [-0.1, -0.05) is 36.4 Å². The van der Waals surface area contributed by atoms with Gasteiger partial charge in [0.15, 0.2) is 0 Å². The number of ether oxygens (including phenoxy) is 1. The summed E-state index contributed by atoms with van der Waals surface area (Å²) in [6.07, 6.45) is 1.60. The van der Waals surface area contributed by atoms with Gasteiger partial charge in [0.25, 0.3) is 5.91 Å². The molecule has 1 unspecified atom stereocenters. The van der Waals surface area contributed by atoms with Crippen molar-refractivity contribution < 1.29 is 14.3 Å². The number of nitrogens with zero attached hydrogens (tertiary/aromatic N) is 1. The van der Waals surface area contributed by atoms with Gasteiger partial charge in [-0.3, -0.25) is 4.79 Å². The fraction of sp³-hybridized carbons (Fsp3) is 0.174. The van der Waals surface area contributed by atoms with Crippen LogP contribution in [-0.4, -0.2) is 23.5 Å². The van der Waals surface area contributed by atoms with E-state index < -0.39 is 6.04 Å². The molecule has 7 nitrogen and oxygen atoms in total. The van der Waals surface area contributed by atoms with Gasteiger partial charge in [0.1, 0.15) is 11.6 Å². The molecule has 0 bridgehead atoms. The molecule has 3 N–H and O–H groups in total. The topological polar surface area (TPSA) is 92.4 Å². The number of nitrogens with one attached hydrogen (secondary N) is 3. The van der Waals surface area contributed by atoms with Gasteiger partial charge in [-0.05, 0) is 42.8 Å². The maximum Gasteiger partial charge on any atom is 0.319 e. The third-order valence-electron chi connectivity index (χ3n) is 4.94. The lowest BCUT2D eigenvalue weighted by molar-refractivity contribution is -0.113. The van der Waals surface area contributed by atoms with Gasteiger partial charge < -0.3 is 20.7 Å². The van der Waals surface area contributed by atoms with E-state index in [-0.39, 0.29) is 11.9 Å². The number of fused-ring (bicyclic) bond motifs is 1. The summed E-state index contributed by atoms with van der Waals surface area (Å²) < 4.78 is 5.88. The standard InChI is InChI=1S/C23H22N4O3/c1-3-30-17-12-11-15-8-4-5-9-16(15)20(17)21-19(14(2)25-23(29)27-21)22(28)26-18-10-6-7-13-24-18/h4-13,21H,3H2,1-2H3,(H,24,26,28)(H2,25,27,29). The second kappa shape index (κ2) is 8.24. The number of hydrogen-bond donors (Lipinski definition) is 3. The zero-order valence-electron chi connectivity index (χ0n) is 16.7. The summed E-state index contributed by atoms with van der Waals surface area (Å²) in [4.78, 5) is 29.7. The predicted octanol–water partition coefficient (Wildman–Crippen LogP) is 3.90. The summed E-state index contributed by atoms with van der Waals surface area (Å²) in [6, 6.07) is 15.9. The largest absolute Gasteiger partial charge is 0.493 e. The molecule has 3 amide bonds. The van der Waals surface area contributed by atoms with Gasteiger partial charge in [-0.15, -0.1) is 0 Å². The molecule has 152 valence electrons. The SMILES string of the molecule is CCOc1ccc2ccccc2c1C1NC(=O)NC(C)=C1C(=O)Nc1ccccn1. The van der Waals surface area contributed by atoms with Crippen molar-refractivity contribution in [3.05, 3.63) is 77.6 Å². The number of rotatable bonds is 5. The minimum absolute atomic E-state index is 0.348. The molecule has 0 spiro atoms. The highest BCUT2D eigenvalue weighted by Gasteiger charge is 2.34. The molecule has 1 aliphatic heterocycles. The van der Waals surface area contributed by atoms with Gasteiger partial charge in [0, 0.05) is 17.5 Å². The number of allylic oxidation sites excluding steroid dienone is 1. The molecular weight excluding hydrogens is 380 g/mol. The molecule has 1 aliphatic rings. The minimum atomic E-state index is -0.685. The molecule has 0 radical (unpaired) electrons. The van der Waals surface area contributed by atoms with E-state index in [2.05, 4.69) is 20.9 Å². The summed E-state index contributed by atoms with van der Waals surface area (Å²) in [5.74, 6) is 0.708. The number of pyridine rings is 1. The summed E-state index contributed by atoms with van der Waals surface area (Å²) in [7, 11) is 0. The highest BCUT2D eigenvalue weighted by molar-refractivity contribution is 6.07. The average Bonchev–Trinajstić information content (AvgIpc) is 2.74. The number of carbonyl (C=O) groups excluding carboxylic acids is 2. The van der Waals surface area contributed by atoms with E-state index in [0.29, 0.717) is 29.4 Å². The monoisotopic (exact) mass is 402 g/mol. The zero-order valence-corrected chi connectivity index (χ0v) is 16.7. The molecule has 30 heavy (non-hydrogen) atoms. The van der Waals surface area contributed by atoms with Crippen molar-refractivity contribution in [3.8, 4) is 5.75 Å². The van der Waals surface area contributed by atoms with Gasteiger partial charge >= 0.3 is 6.03 Å². The zero-order chi connectivity index (χ0) is 21.1. The quantitative estimate of drug-likeness (QED) is 0.604. The molecule has 2 heterocycles. The second-order valence-electron chi connectivity index (χ2n) is 6.87. The van der Waals surface area contributed by atoms with Crippen molar-refractivity contribution in [1.29, 1.82) is 0 Å². The van der Waals surface area contributed by atoms with Gasteiger partial charge in [-0.2, -0.15) is 0 Å². The van der Waals surface area contributed by atoms with Crippen molar-refractivity contribution in [2.45, 2.75) is 19.9 Å². The second-order valence-corrected chi connectivity index (χ2v) is 6.87. The summed E-state index contributed by atoms with van der Waals surface area (Å²) >= 11 is 0. The Kier molecular flexibility index (Phi) is 5.34.